The number of hydrogen-bond acceptors (Lipinski definition) is 7. The first-order valence-corrected chi connectivity index (χ1v) is 11.5. The first kappa shape index (κ1) is 21.8. The van der Waals surface area contributed by atoms with Crippen LogP contribution >= 0.6 is 23.1 Å². The molecule has 0 aliphatic heterocycles. The molecule has 4 aromatic rings. The van der Waals surface area contributed by atoms with Crippen LogP contribution in [-0.2, 0) is 11.3 Å². The highest BCUT2D eigenvalue weighted by Crippen LogP contribution is 2.30. The minimum atomic E-state index is -0.268. The molecule has 1 aromatic heterocycles. The molecule has 0 aliphatic carbocycles. The molecule has 1 amide bonds. The summed E-state index contributed by atoms with van der Waals surface area (Å²) in [6.07, 6.45) is 0. The Morgan fingerprint density at radius 3 is 2.53 bits per heavy atom. The molecule has 0 bridgehead atoms. The van der Waals surface area contributed by atoms with Gasteiger partial charge < -0.3 is 15.4 Å². The highest BCUT2D eigenvalue weighted by molar-refractivity contribution is 8.01. The van der Waals surface area contributed by atoms with E-state index >= 15 is 0 Å². The predicted octanol–water partition coefficient (Wildman–Crippen LogP) is 5.81. The van der Waals surface area contributed by atoms with Gasteiger partial charge >= 0.3 is 0 Å². The number of halogens is 1. The summed E-state index contributed by atoms with van der Waals surface area (Å²) in [6.45, 7) is 0.512. The number of amides is 1. The predicted molar refractivity (Wildman–Crippen MR) is 126 cm³/mol. The lowest BCUT2D eigenvalue weighted by molar-refractivity contribution is -0.113. The van der Waals surface area contributed by atoms with Crippen LogP contribution in [0.25, 0.3) is 0 Å². The van der Waals surface area contributed by atoms with Gasteiger partial charge in [0.1, 0.15) is 11.6 Å². The lowest BCUT2D eigenvalue weighted by atomic mass is 10.2. The van der Waals surface area contributed by atoms with E-state index in [0.717, 1.165) is 5.56 Å². The lowest BCUT2D eigenvalue weighted by Crippen LogP contribution is -2.14. The number of para-hydroxylation sites is 3. The van der Waals surface area contributed by atoms with Crippen LogP contribution in [0.15, 0.2) is 83.2 Å². The molecule has 0 unspecified atom stereocenters. The van der Waals surface area contributed by atoms with Gasteiger partial charge in [0.25, 0.3) is 0 Å². The van der Waals surface area contributed by atoms with Crippen LogP contribution in [0.3, 0.4) is 0 Å². The van der Waals surface area contributed by atoms with Crippen molar-refractivity contribution >= 4 is 39.8 Å². The Labute approximate surface area is 192 Å². The Balaban J connectivity index is 1.28. The third-order valence-corrected chi connectivity index (χ3v) is 6.24. The van der Waals surface area contributed by atoms with Gasteiger partial charge in [-0.1, -0.05) is 65.6 Å². The average molecular weight is 467 g/mol. The number of ether oxygens (including phenoxy) is 1. The minimum Gasteiger partial charge on any atom is -0.455 e. The fourth-order valence-corrected chi connectivity index (χ4v) is 4.26. The molecule has 0 spiro atoms. The molecule has 162 valence electrons. The maximum Gasteiger partial charge on any atom is 0.234 e. The van der Waals surface area contributed by atoms with Crippen molar-refractivity contribution in [2.75, 3.05) is 16.4 Å². The van der Waals surface area contributed by atoms with Crippen LogP contribution in [0, 0.1) is 5.82 Å². The fourth-order valence-electron chi connectivity index (χ4n) is 2.71. The topological polar surface area (TPSA) is 76.1 Å². The molecule has 0 radical (unpaired) electrons. The van der Waals surface area contributed by atoms with Gasteiger partial charge in [-0.2, -0.15) is 0 Å². The van der Waals surface area contributed by atoms with E-state index in [2.05, 4.69) is 20.8 Å². The second kappa shape index (κ2) is 10.7. The van der Waals surface area contributed by atoms with Crippen molar-refractivity contribution in [3.63, 3.8) is 0 Å². The standard InChI is InChI=1S/C23H19FN4O2S2/c24-17-12-10-16(11-13-17)14-25-22-27-28-23(32-22)31-15-21(29)26-19-8-4-5-9-20(19)30-18-6-2-1-3-7-18/h1-13H,14-15H2,(H,25,27)(H,26,29). The van der Waals surface area contributed by atoms with Crippen molar-refractivity contribution in [2.45, 2.75) is 10.9 Å². The van der Waals surface area contributed by atoms with Crippen LogP contribution in [0.5, 0.6) is 11.5 Å². The molecule has 0 fully saturated rings. The zero-order valence-electron chi connectivity index (χ0n) is 16.8. The number of nitrogens with one attached hydrogen (secondary N) is 2. The Kier molecular flexibility index (Phi) is 7.31. The van der Waals surface area contributed by atoms with Crippen LogP contribution < -0.4 is 15.4 Å². The summed E-state index contributed by atoms with van der Waals surface area (Å²) in [5, 5.41) is 14.9. The molecule has 32 heavy (non-hydrogen) atoms. The number of thioether (sulfide) groups is 1. The number of carbonyl (C=O) groups is 1. The first-order chi connectivity index (χ1) is 15.7. The molecular formula is C23H19FN4O2S2. The maximum absolute atomic E-state index is 13.0. The van der Waals surface area contributed by atoms with E-state index in [9.17, 15) is 9.18 Å². The number of hydrogen-bond donors (Lipinski definition) is 2. The van der Waals surface area contributed by atoms with Gasteiger partial charge in [-0.3, -0.25) is 4.79 Å². The normalized spacial score (nSPS) is 10.5. The molecule has 0 saturated heterocycles. The molecule has 4 rings (SSSR count). The third-order valence-electron chi connectivity index (χ3n) is 4.22. The zero-order chi connectivity index (χ0) is 22.2. The van der Waals surface area contributed by atoms with Crippen molar-refractivity contribution in [2.24, 2.45) is 0 Å². The van der Waals surface area contributed by atoms with Crippen LogP contribution in [-0.4, -0.2) is 21.9 Å². The first-order valence-electron chi connectivity index (χ1n) is 9.72. The molecule has 6 nitrogen and oxygen atoms in total. The van der Waals surface area contributed by atoms with Gasteiger partial charge in [-0.25, -0.2) is 4.39 Å². The van der Waals surface area contributed by atoms with Gasteiger partial charge in [-0.05, 0) is 42.0 Å². The number of aromatic nitrogens is 2. The number of benzene rings is 3. The fraction of sp³-hybridized carbons (Fsp3) is 0.0870. The van der Waals surface area contributed by atoms with Crippen LogP contribution in [0.1, 0.15) is 5.56 Å². The SMILES string of the molecule is O=C(CSc1nnc(NCc2ccc(F)cc2)s1)Nc1ccccc1Oc1ccccc1. The van der Waals surface area contributed by atoms with Gasteiger partial charge in [0.05, 0.1) is 11.4 Å². The Morgan fingerprint density at radius 2 is 1.72 bits per heavy atom. The zero-order valence-corrected chi connectivity index (χ0v) is 18.5. The quantitative estimate of drug-likeness (QED) is 0.303. The molecule has 0 saturated carbocycles. The van der Waals surface area contributed by atoms with Gasteiger partial charge in [0, 0.05) is 6.54 Å². The van der Waals surface area contributed by atoms with Crippen molar-refractivity contribution in [1.82, 2.24) is 10.2 Å². The van der Waals surface area contributed by atoms with Crippen molar-refractivity contribution < 1.29 is 13.9 Å². The largest absolute Gasteiger partial charge is 0.455 e. The molecule has 0 aliphatic rings. The summed E-state index contributed by atoms with van der Waals surface area (Å²) in [5.41, 5.74) is 1.53. The van der Waals surface area contributed by atoms with Gasteiger partial charge in [0.15, 0.2) is 10.1 Å². The van der Waals surface area contributed by atoms with E-state index in [1.807, 2.05) is 42.5 Å². The van der Waals surface area contributed by atoms with E-state index in [1.165, 1.54) is 35.2 Å². The summed E-state index contributed by atoms with van der Waals surface area (Å²) in [6, 6.07) is 22.9. The third kappa shape index (κ3) is 6.29. The Bertz CT molecular complexity index is 1170. The number of nitrogens with zero attached hydrogens (tertiary/aromatic N) is 2. The van der Waals surface area contributed by atoms with Crippen molar-refractivity contribution in [3.8, 4) is 11.5 Å². The molecule has 2 N–H and O–H groups in total. The molecule has 0 atom stereocenters. The monoisotopic (exact) mass is 466 g/mol. The number of carbonyl (C=O) groups excluding carboxylic acids is 1. The molecule has 1 heterocycles. The summed E-state index contributed by atoms with van der Waals surface area (Å²) < 4.78 is 19.5. The second-order valence-corrected chi connectivity index (χ2v) is 8.80. The van der Waals surface area contributed by atoms with E-state index in [-0.39, 0.29) is 17.5 Å². The summed E-state index contributed by atoms with van der Waals surface area (Å²) in [7, 11) is 0. The highest BCUT2D eigenvalue weighted by Gasteiger charge is 2.11. The van der Waals surface area contributed by atoms with E-state index in [0.29, 0.717) is 33.2 Å². The smallest absolute Gasteiger partial charge is 0.234 e. The highest BCUT2D eigenvalue weighted by atomic mass is 32.2. The molecule has 3 aromatic carbocycles. The summed E-state index contributed by atoms with van der Waals surface area (Å²) in [4.78, 5) is 12.5. The summed E-state index contributed by atoms with van der Waals surface area (Å²) in [5.74, 6) is 1.01. The minimum absolute atomic E-state index is 0.171. The van der Waals surface area contributed by atoms with E-state index < -0.39 is 0 Å². The van der Waals surface area contributed by atoms with Gasteiger partial charge in [-0.15, -0.1) is 10.2 Å². The number of anilines is 2. The average Bonchev–Trinajstić information content (AvgIpc) is 3.27. The second-order valence-electron chi connectivity index (χ2n) is 6.60. The summed E-state index contributed by atoms with van der Waals surface area (Å²) >= 11 is 2.66. The van der Waals surface area contributed by atoms with Crippen LogP contribution in [0.2, 0.25) is 0 Å². The van der Waals surface area contributed by atoms with E-state index in [1.54, 1.807) is 24.3 Å². The Morgan fingerprint density at radius 1 is 0.969 bits per heavy atom. The molecule has 9 heteroatoms. The Hall–Kier alpha value is -3.43. The van der Waals surface area contributed by atoms with Gasteiger partial charge in [0.2, 0.25) is 11.0 Å². The number of rotatable bonds is 9. The van der Waals surface area contributed by atoms with E-state index in [4.69, 9.17) is 4.74 Å². The lowest BCUT2D eigenvalue weighted by Gasteiger charge is -2.11. The van der Waals surface area contributed by atoms with Crippen LogP contribution in [0.4, 0.5) is 15.2 Å². The maximum atomic E-state index is 13.0. The van der Waals surface area contributed by atoms with Crippen molar-refractivity contribution in [1.29, 1.82) is 0 Å². The van der Waals surface area contributed by atoms with Crippen molar-refractivity contribution in [3.05, 3.63) is 90.2 Å². The molecular weight excluding hydrogens is 447 g/mol.